The molecule has 0 radical (unpaired) electrons. The van der Waals surface area contributed by atoms with E-state index >= 15 is 0 Å². The van der Waals surface area contributed by atoms with Crippen molar-refractivity contribution >= 4 is 58.0 Å². The third-order valence-corrected chi connectivity index (χ3v) is 7.24. The fourth-order valence-corrected chi connectivity index (χ4v) is 5.09. The summed E-state index contributed by atoms with van der Waals surface area (Å²) in [5, 5.41) is 9.13. The first-order valence-corrected chi connectivity index (χ1v) is 9.73. The van der Waals surface area contributed by atoms with E-state index in [0.717, 1.165) is 18.2 Å². The highest BCUT2D eigenvalue weighted by molar-refractivity contribution is 6.66. The van der Waals surface area contributed by atoms with Gasteiger partial charge < -0.3 is 9.84 Å². The number of aromatic hydroxyl groups is 1. The van der Waals surface area contributed by atoms with E-state index in [0.29, 0.717) is 0 Å². The van der Waals surface area contributed by atoms with Crippen molar-refractivity contribution in [3.05, 3.63) is 58.1 Å². The third kappa shape index (κ3) is 3.32. The zero-order valence-electron chi connectivity index (χ0n) is 14.7. The van der Waals surface area contributed by atoms with E-state index in [9.17, 15) is 27.9 Å². The molecule has 1 aromatic rings. The molecule has 2 aliphatic carbocycles. The number of carbonyl (C=O) groups excluding carboxylic acids is 2. The van der Waals surface area contributed by atoms with Gasteiger partial charge in [0.1, 0.15) is 31.3 Å². The van der Waals surface area contributed by atoms with Crippen molar-refractivity contribution in [1.82, 2.24) is 0 Å². The van der Waals surface area contributed by atoms with E-state index < -0.39 is 55.2 Å². The Kier molecular flexibility index (Phi) is 5.74. The summed E-state index contributed by atoms with van der Waals surface area (Å²) in [7, 11) is 0. The number of Topliss-reactive ketones (excluding diaryl/α,β-unsaturated/α-hetero) is 2. The topological polar surface area (TPSA) is 63.6 Å². The molecule has 1 aromatic carbocycles. The number of alkyl halides is 5. The normalized spacial score (nSPS) is 29.4. The molecule has 0 fully saturated rings. The molecule has 0 bridgehead atoms. The number of hydrogen-bond donors (Lipinski definition) is 1. The van der Waals surface area contributed by atoms with Crippen LogP contribution in [-0.2, 0) is 9.59 Å². The van der Waals surface area contributed by atoms with E-state index in [2.05, 4.69) is 11.3 Å². The highest BCUT2D eigenvalue weighted by Gasteiger charge is 2.68. The van der Waals surface area contributed by atoms with E-state index in [4.69, 9.17) is 46.4 Å². The van der Waals surface area contributed by atoms with Gasteiger partial charge in [0.2, 0.25) is 0 Å². The maximum Gasteiger partial charge on any atom is 0.573 e. The highest BCUT2D eigenvalue weighted by Crippen LogP contribution is 2.60. The Morgan fingerprint density at radius 3 is 2.33 bits per heavy atom. The summed E-state index contributed by atoms with van der Waals surface area (Å²) >= 11 is 25.1. The molecule has 0 saturated carbocycles. The third-order valence-electron chi connectivity index (χ3n) is 4.99. The first-order valence-electron chi connectivity index (χ1n) is 8.21. The zero-order valence-corrected chi connectivity index (χ0v) is 17.7. The second-order valence-electron chi connectivity index (χ2n) is 6.61. The van der Waals surface area contributed by atoms with Crippen LogP contribution in [0.4, 0.5) is 13.2 Å². The van der Waals surface area contributed by atoms with Gasteiger partial charge in [0.05, 0.1) is 0 Å². The SMILES string of the molecule is C=CC1=CC[C@@]2(Cl)C(=O)C(Cl)=C(Cl)C(=O)[C@@]2(Cl)[C@H]1c1cc(OC(F)(F)F)ccc1O. The standard InChI is InChI=1S/C19H11Cl4F3O4/c1-2-8-5-6-17(22)15(28)13(20)14(21)16(29)18(17,23)12(8)10-7-9(3-4-11(10)27)30-19(24,25)26/h2-5,7,12,27H,1,6H2/t12-,17-,18+/m1/s1. The molecule has 4 nitrogen and oxygen atoms in total. The molecule has 0 aromatic heterocycles. The minimum Gasteiger partial charge on any atom is -0.508 e. The Bertz CT molecular complexity index is 1030. The predicted molar refractivity (Wildman–Crippen MR) is 106 cm³/mol. The Balaban J connectivity index is 2.30. The van der Waals surface area contributed by atoms with Gasteiger partial charge in [-0.25, -0.2) is 0 Å². The summed E-state index contributed by atoms with van der Waals surface area (Å²) in [6.07, 6.45) is -2.52. The number of ketones is 2. The predicted octanol–water partition coefficient (Wildman–Crippen LogP) is 5.69. The molecular weight excluding hydrogens is 491 g/mol. The van der Waals surface area contributed by atoms with E-state index in [-0.39, 0.29) is 17.6 Å². The minimum atomic E-state index is -5.01. The lowest BCUT2D eigenvalue weighted by Crippen LogP contribution is -2.64. The Morgan fingerprint density at radius 2 is 1.77 bits per heavy atom. The Morgan fingerprint density at radius 1 is 1.17 bits per heavy atom. The van der Waals surface area contributed by atoms with Crippen LogP contribution in [0.1, 0.15) is 17.9 Å². The molecule has 0 saturated heterocycles. The smallest absolute Gasteiger partial charge is 0.508 e. The van der Waals surface area contributed by atoms with Crippen LogP contribution in [0.5, 0.6) is 11.5 Å². The first-order chi connectivity index (χ1) is 13.8. The molecule has 3 atom stereocenters. The van der Waals surface area contributed by atoms with Crippen molar-refractivity contribution in [3.8, 4) is 11.5 Å². The average molecular weight is 502 g/mol. The minimum absolute atomic E-state index is 0.236. The largest absolute Gasteiger partial charge is 0.573 e. The first kappa shape index (κ1) is 23.0. The molecule has 2 aliphatic rings. The summed E-state index contributed by atoms with van der Waals surface area (Å²) in [4.78, 5) is 21.5. The van der Waals surface area contributed by atoms with Crippen LogP contribution < -0.4 is 4.74 Å². The number of halogens is 7. The van der Waals surface area contributed by atoms with Crippen molar-refractivity contribution in [2.24, 2.45) is 0 Å². The van der Waals surface area contributed by atoms with Gasteiger partial charge >= 0.3 is 6.36 Å². The molecule has 3 rings (SSSR count). The number of fused-ring (bicyclic) bond motifs is 1. The maximum absolute atomic E-state index is 13.1. The molecule has 0 unspecified atom stereocenters. The van der Waals surface area contributed by atoms with Crippen LogP contribution in [0.25, 0.3) is 0 Å². The zero-order chi connectivity index (χ0) is 22.6. The van der Waals surface area contributed by atoms with Gasteiger partial charge in [0.15, 0.2) is 11.6 Å². The highest BCUT2D eigenvalue weighted by atomic mass is 35.5. The summed E-state index contributed by atoms with van der Waals surface area (Å²) in [5.41, 5.74) is -0.00404. The van der Waals surface area contributed by atoms with E-state index in [1.165, 1.54) is 12.2 Å². The van der Waals surface area contributed by atoms with Crippen molar-refractivity contribution in [1.29, 1.82) is 0 Å². The number of phenols is 1. The van der Waals surface area contributed by atoms with Gasteiger partial charge in [-0.1, -0.05) is 41.9 Å². The summed E-state index contributed by atoms with van der Waals surface area (Å²) in [5.74, 6) is -4.52. The molecule has 0 amide bonds. The van der Waals surface area contributed by atoms with Gasteiger partial charge in [0.25, 0.3) is 0 Å². The number of ether oxygens (including phenoxy) is 1. The van der Waals surface area contributed by atoms with E-state index in [1.807, 2.05) is 0 Å². The lowest BCUT2D eigenvalue weighted by molar-refractivity contribution is -0.274. The molecule has 11 heteroatoms. The second-order valence-corrected chi connectivity index (χ2v) is 8.61. The number of carbonyl (C=O) groups is 2. The van der Waals surface area contributed by atoms with Gasteiger partial charge in [0, 0.05) is 11.5 Å². The quantitative estimate of drug-likeness (QED) is 0.540. The van der Waals surface area contributed by atoms with Crippen LogP contribution in [0.3, 0.4) is 0 Å². The summed E-state index contributed by atoms with van der Waals surface area (Å²) in [6.45, 7) is 3.61. The fraction of sp³-hybridized carbons (Fsp3) is 0.263. The van der Waals surface area contributed by atoms with Crippen molar-refractivity contribution in [3.63, 3.8) is 0 Å². The Labute approximate surface area is 188 Å². The number of rotatable bonds is 3. The number of hydrogen-bond acceptors (Lipinski definition) is 4. The molecule has 0 spiro atoms. The molecule has 30 heavy (non-hydrogen) atoms. The number of allylic oxidation sites excluding steroid dienone is 5. The monoisotopic (exact) mass is 500 g/mol. The molecular formula is C19H11Cl4F3O4. The lowest BCUT2D eigenvalue weighted by atomic mass is 9.62. The van der Waals surface area contributed by atoms with Gasteiger partial charge in [-0.2, -0.15) is 0 Å². The molecule has 1 N–H and O–H groups in total. The van der Waals surface area contributed by atoms with Crippen molar-refractivity contribution in [2.45, 2.75) is 28.4 Å². The van der Waals surface area contributed by atoms with E-state index in [1.54, 1.807) is 0 Å². The number of phenolic OH excluding ortho intramolecular Hbond substituents is 1. The summed E-state index contributed by atoms with van der Waals surface area (Å²) < 4.78 is 41.9. The van der Waals surface area contributed by atoms with Crippen LogP contribution in [0.2, 0.25) is 0 Å². The number of benzene rings is 1. The van der Waals surface area contributed by atoms with Crippen molar-refractivity contribution < 1.29 is 32.6 Å². The van der Waals surface area contributed by atoms with Crippen LogP contribution in [0.15, 0.2) is 52.6 Å². The van der Waals surface area contributed by atoms with Gasteiger partial charge in [-0.15, -0.1) is 36.4 Å². The Hall–Kier alpha value is -1.67. The van der Waals surface area contributed by atoms with Crippen molar-refractivity contribution in [2.75, 3.05) is 0 Å². The van der Waals surface area contributed by atoms with Gasteiger partial charge in [-0.3, -0.25) is 9.59 Å². The average Bonchev–Trinajstić information content (AvgIpc) is 2.67. The fourth-order valence-electron chi connectivity index (χ4n) is 3.64. The lowest BCUT2D eigenvalue weighted by Gasteiger charge is -2.50. The van der Waals surface area contributed by atoms with Crippen LogP contribution in [-0.4, -0.2) is 32.8 Å². The van der Waals surface area contributed by atoms with Crippen LogP contribution in [0, 0.1) is 0 Å². The summed E-state index contributed by atoms with van der Waals surface area (Å²) in [6, 6.07) is 2.66. The van der Waals surface area contributed by atoms with Gasteiger partial charge in [-0.05, 0) is 30.2 Å². The van der Waals surface area contributed by atoms with Crippen LogP contribution >= 0.6 is 46.4 Å². The maximum atomic E-state index is 13.1. The molecule has 160 valence electrons. The molecule has 0 aliphatic heterocycles. The molecule has 0 heterocycles. The second kappa shape index (κ2) is 7.48.